The van der Waals surface area contributed by atoms with E-state index in [0.29, 0.717) is 0 Å². The molecule has 0 heterocycles. The second kappa shape index (κ2) is 11.7. The Morgan fingerprint density at radius 1 is 0.783 bits per heavy atom. The van der Waals surface area contributed by atoms with Crippen LogP contribution in [0.5, 0.6) is 0 Å². The van der Waals surface area contributed by atoms with Gasteiger partial charge in [-0.1, -0.05) is 96.8 Å². The zero-order valence-corrected chi connectivity index (χ0v) is 16.4. The number of benzene rings is 1. The van der Waals surface area contributed by atoms with E-state index in [-0.39, 0.29) is 0 Å². The van der Waals surface area contributed by atoms with E-state index in [1.165, 1.54) is 80.9 Å². The summed E-state index contributed by atoms with van der Waals surface area (Å²) in [4.78, 5) is 0. The first kappa shape index (κ1) is 20.3. The van der Waals surface area contributed by atoms with Gasteiger partial charge in [-0.2, -0.15) is 0 Å². The van der Waals surface area contributed by atoms with Gasteiger partial charge in [-0.25, -0.2) is 0 Å². The average Bonchev–Trinajstić information content (AvgIpc) is 2.54. The van der Waals surface area contributed by atoms with Gasteiger partial charge < -0.3 is 0 Å². The van der Waals surface area contributed by atoms with Gasteiger partial charge in [-0.05, 0) is 48.8 Å². The summed E-state index contributed by atoms with van der Waals surface area (Å²) < 4.78 is 0. The lowest BCUT2D eigenvalue weighted by Crippen LogP contribution is -2.07. The van der Waals surface area contributed by atoms with E-state index >= 15 is 0 Å². The van der Waals surface area contributed by atoms with E-state index in [9.17, 15) is 0 Å². The van der Waals surface area contributed by atoms with Crippen molar-refractivity contribution in [1.29, 1.82) is 0 Å². The molecule has 2 atom stereocenters. The van der Waals surface area contributed by atoms with Gasteiger partial charge in [0.2, 0.25) is 0 Å². The van der Waals surface area contributed by atoms with Gasteiger partial charge in [-0.15, -0.1) is 0 Å². The summed E-state index contributed by atoms with van der Waals surface area (Å²) >= 11 is 0. The third-order valence-corrected chi connectivity index (χ3v) is 5.23. The summed E-state index contributed by atoms with van der Waals surface area (Å²) in [6, 6.07) is 8.50. The fraction of sp³-hybridized carbons (Fsp3) is 0.739. The number of unbranched alkanes of at least 4 members (excludes halogenated alkanes) is 2. The van der Waals surface area contributed by atoms with Crippen molar-refractivity contribution in [1.82, 2.24) is 0 Å². The summed E-state index contributed by atoms with van der Waals surface area (Å²) in [5, 5.41) is 0. The van der Waals surface area contributed by atoms with Crippen molar-refractivity contribution < 1.29 is 0 Å². The zero-order chi connectivity index (χ0) is 17.1. The molecule has 0 aliphatic rings. The van der Waals surface area contributed by atoms with E-state index in [0.717, 1.165) is 11.8 Å². The Hall–Kier alpha value is -0.780. The predicted molar refractivity (Wildman–Crippen MR) is 104 cm³/mol. The maximum atomic E-state index is 3.77. The molecule has 23 heavy (non-hydrogen) atoms. The molecule has 0 bridgehead atoms. The first-order chi connectivity index (χ1) is 11.1. The fourth-order valence-corrected chi connectivity index (χ4v) is 3.60. The van der Waals surface area contributed by atoms with E-state index < -0.39 is 0 Å². The van der Waals surface area contributed by atoms with Gasteiger partial charge in [0.05, 0.1) is 0 Å². The van der Waals surface area contributed by atoms with Crippen molar-refractivity contribution in [2.24, 2.45) is 11.8 Å². The van der Waals surface area contributed by atoms with Crippen molar-refractivity contribution in [3.63, 3.8) is 0 Å². The molecule has 0 saturated carbocycles. The molecule has 0 N–H and O–H groups in total. The van der Waals surface area contributed by atoms with Crippen LogP contribution in [0.3, 0.4) is 0 Å². The minimum Gasteiger partial charge on any atom is -0.0654 e. The molecule has 0 aromatic heterocycles. The fourth-order valence-electron chi connectivity index (χ4n) is 3.60. The summed E-state index contributed by atoms with van der Waals surface area (Å²) in [6.45, 7) is 11.5. The highest BCUT2D eigenvalue weighted by Crippen LogP contribution is 2.23. The van der Waals surface area contributed by atoms with E-state index in [1.54, 1.807) is 0 Å². The van der Waals surface area contributed by atoms with Gasteiger partial charge in [0, 0.05) is 0 Å². The number of rotatable bonds is 12. The molecule has 1 aromatic carbocycles. The minimum atomic E-state index is 0.836. The van der Waals surface area contributed by atoms with Crippen LogP contribution in [0.2, 0.25) is 0 Å². The molecule has 0 aliphatic heterocycles. The van der Waals surface area contributed by atoms with Crippen molar-refractivity contribution in [3.8, 4) is 0 Å². The SMILES string of the molecule is CCCCC(CC)Cc1[c]c(CC(CC)CCCC)cc(C)c1. The quantitative estimate of drug-likeness (QED) is 0.379. The molecule has 0 spiro atoms. The summed E-state index contributed by atoms with van der Waals surface area (Å²) in [6.07, 6.45) is 13.1. The molecule has 1 aromatic rings. The van der Waals surface area contributed by atoms with E-state index in [4.69, 9.17) is 0 Å². The first-order valence-corrected chi connectivity index (χ1v) is 10.1. The highest BCUT2D eigenvalue weighted by atomic mass is 14.2. The third-order valence-electron chi connectivity index (χ3n) is 5.23. The normalized spacial score (nSPS) is 14.0. The molecule has 0 amide bonds. The van der Waals surface area contributed by atoms with Crippen LogP contribution in [0.25, 0.3) is 0 Å². The third kappa shape index (κ3) is 8.04. The summed E-state index contributed by atoms with van der Waals surface area (Å²) in [5.41, 5.74) is 4.33. The van der Waals surface area contributed by atoms with Gasteiger partial charge in [0.15, 0.2) is 0 Å². The van der Waals surface area contributed by atoms with Crippen molar-refractivity contribution in [2.45, 2.75) is 98.8 Å². The standard InChI is InChI=1S/C23H39/c1-6-10-12-20(8-3)16-22-14-19(5)15-23(18-22)17-21(9-4)13-11-7-2/h14-15,20-21H,6-13,16-17H2,1-5H3. The molecule has 0 fully saturated rings. The second-order valence-electron chi connectivity index (χ2n) is 7.45. The second-order valence-corrected chi connectivity index (χ2v) is 7.45. The Morgan fingerprint density at radius 2 is 1.22 bits per heavy atom. The summed E-state index contributed by atoms with van der Waals surface area (Å²) in [5.74, 6) is 1.67. The molecule has 0 nitrogen and oxygen atoms in total. The zero-order valence-electron chi connectivity index (χ0n) is 16.4. The van der Waals surface area contributed by atoms with Crippen LogP contribution in [0.1, 0.15) is 95.8 Å². The van der Waals surface area contributed by atoms with Crippen LogP contribution in [0.15, 0.2) is 12.1 Å². The molecule has 0 heteroatoms. The number of hydrogen-bond acceptors (Lipinski definition) is 0. The van der Waals surface area contributed by atoms with Crippen molar-refractivity contribution >= 4 is 0 Å². The Balaban J connectivity index is 2.73. The minimum absolute atomic E-state index is 0.836. The topological polar surface area (TPSA) is 0 Å². The van der Waals surface area contributed by atoms with Crippen molar-refractivity contribution in [3.05, 3.63) is 34.9 Å². The molecule has 0 aliphatic carbocycles. The number of hydrogen-bond donors (Lipinski definition) is 0. The predicted octanol–water partition coefficient (Wildman–Crippen LogP) is 7.31. The lowest BCUT2D eigenvalue weighted by molar-refractivity contribution is 0.444. The Morgan fingerprint density at radius 3 is 1.57 bits per heavy atom. The van der Waals surface area contributed by atoms with Crippen molar-refractivity contribution in [2.75, 3.05) is 0 Å². The molecule has 1 rings (SSSR count). The maximum absolute atomic E-state index is 3.77. The highest BCUT2D eigenvalue weighted by Gasteiger charge is 2.11. The molecule has 1 radical (unpaired) electrons. The van der Waals surface area contributed by atoms with Gasteiger partial charge in [-0.3, -0.25) is 0 Å². The van der Waals surface area contributed by atoms with Crippen LogP contribution in [0.4, 0.5) is 0 Å². The van der Waals surface area contributed by atoms with Crippen LogP contribution in [-0.4, -0.2) is 0 Å². The number of aryl methyl sites for hydroxylation is 1. The molecule has 2 unspecified atom stereocenters. The van der Waals surface area contributed by atoms with Crippen LogP contribution >= 0.6 is 0 Å². The largest absolute Gasteiger partial charge is 0.0654 e. The monoisotopic (exact) mass is 315 g/mol. The molecule has 0 saturated heterocycles. The molecular formula is C23H39. The molecule has 131 valence electrons. The van der Waals surface area contributed by atoms with Crippen LogP contribution in [0, 0.1) is 24.8 Å². The molecular weight excluding hydrogens is 276 g/mol. The van der Waals surface area contributed by atoms with Gasteiger partial charge in [0.1, 0.15) is 0 Å². The Bertz CT molecular complexity index is 382. The Kier molecular flexibility index (Phi) is 10.3. The van der Waals surface area contributed by atoms with Gasteiger partial charge >= 0.3 is 0 Å². The smallest absolute Gasteiger partial charge is 0.0114 e. The average molecular weight is 316 g/mol. The Labute approximate surface area is 146 Å². The lowest BCUT2D eigenvalue weighted by atomic mass is 9.87. The van der Waals surface area contributed by atoms with Gasteiger partial charge in [0.25, 0.3) is 0 Å². The highest BCUT2D eigenvalue weighted by molar-refractivity contribution is 5.29. The van der Waals surface area contributed by atoms with Crippen LogP contribution < -0.4 is 0 Å². The van der Waals surface area contributed by atoms with E-state index in [1.807, 2.05) is 0 Å². The lowest BCUT2D eigenvalue weighted by Gasteiger charge is -2.18. The van der Waals surface area contributed by atoms with E-state index in [2.05, 4.69) is 52.8 Å². The maximum Gasteiger partial charge on any atom is -0.0114 e. The van der Waals surface area contributed by atoms with Crippen LogP contribution in [-0.2, 0) is 12.8 Å². The summed E-state index contributed by atoms with van der Waals surface area (Å²) in [7, 11) is 0. The first-order valence-electron chi connectivity index (χ1n) is 10.1.